The van der Waals surface area contributed by atoms with Crippen LogP contribution in [0.5, 0.6) is 0 Å². The zero-order chi connectivity index (χ0) is 30.0. The summed E-state index contributed by atoms with van der Waals surface area (Å²) in [6, 6.07) is 8.65. The van der Waals surface area contributed by atoms with Crippen molar-refractivity contribution >= 4 is 13.9 Å². The Balaban J connectivity index is 1.73. The highest BCUT2D eigenvalue weighted by Crippen LogP contribution is 2.58. The fraction of sp³-hybridized carbons (Fsp3) is 0.649. The van der Waals surface area contributed by atoms with Gasteiger partial charge < -0.3 is 9.53 Å². The van der Waals surface area contributed by atoms with Crippen LogP contribution in [-0.2, 0) is 16.3 Å². The average molecular weight is 574 g/mol. The highest BCUT2D eigenvalue weighted by atomic mass is 28.4. The van der Waals surface area contributed by atoms with Crippen LogP contribution in [0.4, 0.5) is 0 Å². The Bertz CT molecular complexity index is 1300. The van der Waals surface area contributed by atoms with Gasteiger partial charge in [-0.1, -0.05) is 92.2 Å². The van der Waals surface area contributed by atoms with Crippen molar-refractivity contribution < 1.29 is 9.53 Å². The molecule has 0 radical (unpaired) electrons. The van der Waals surface area contributed by atoms with E-state index in [1.807, 2.05) is 0 Å². The van der Waals surface area contributed by atoms with Gasteiger partial charge in [-0.15, -0.1) is 0 Å². The fourth-order valence-corrected chi connectivity index (χ4v) is 8.34. The highest BCUT2D eigenvalue weighted by Gasteiger charge is 2.49. The van der Waals surface area contributed by atoms with E-state index >= 15 is 0 Å². The Kier molecular flexibility index (Phi) is 8.05. The van der Waals surface area contributed by atoms with Crippen molar-refractivity contribution in [3.05, 3.63) is 69.5 Å². The molecule has 0 saturated heterocycles. The van der Waals surface area contributed by atoms with Crippen LogP contribution in [0.15, 0.2) is 30.3 Å². The first-order chi connectivity index (χ1) is 19.0. The van der Waals surface area contributed by atoms with E-state index in [0.29, 0.717) is 5.41 Å². The van der Waals surface area contributed by atoms with Crippen LogP contribution in [0, 0.1) is 5.41 Å². The van der Waals surface area contributed by atoms with Crippen LogP contribution in [0.3, 0.4) is 0 Å². The van der Waals surface area contributed by atoms with Gasteiger partial charge in [-0.2, -0.15) is 0 Å². The van der Waals surface area contributed by atoms with Gasteiger partial charge in [0.15, 0.2) is 8.32 Å². The van der Waals surface area contributed by atoms with Gasteiger partial charge in [-0.25, -0.2) is 0 Å². The average Bonchev–Trinajstić information content (AvgIpc) is 3.39. The largest absolute Gasteiger partial charge is 0.410 e. The molecule has 2 aromatic rings. The first kappa shape index (κ1) is 30.7. The summed E-state index contributed by atoms with van der Waals surface area (Å²) >= 11 is 0. The molecule has 3 aliphatic carbocycles. The molecular formula is C37H55NO2Si. The molecule has 2 atom stereocenters. The van der Waals surface area contributed by atoms with Gasteiger partial charge in [0.25, 0.3) is 0 Å². The Morgan fingerprint density at radius 1 is 1.00 bits per heavy atom. The van der Waals surface area contributed by atoms with E-state index in [2.05, 4.69) is 98.8 Å². The molecule has 1 heterocycles. The van der Waals surface area contributed by atoms with Gasteiger partial charge in [-0.3, -0.25) is 4.98 Å². The summed E-state index contributed by atoms with van der Waals surface area (Å²) < 4.78 is 7.39. The Morgan fingerprint density at radius 2 is 1.66 bits per heavy atom. The van der Waals surface area contributed by atoms with Gasteiger partial charge in [0.1, 0.15) is 6.10 Å². The Morgan fingerprint density at radius 3 is 2.15 bits per heavy atom. The summed E-state index contributed by atoms with van der Waals surface area (Å²) in [4.78, 5) is 5.52. The molecule has 4 heteroatoms. The van der Waals surface area contributed by atoms with Crippen LogP contribution in [-0.4, -0.2) is 18.4 Å². The maximum Gasteiger partial charge on any atom is 0.192 e. The molecular weight excluding hydrogens is 518 g/mol. The minimum atomic E-state index is -2.05. The summed E-state index contributed by atoms with van der Waals surface area (Å²) in [6.45, 7) is 23.0. The summed E-state index contributed by atoms with van der Waals surface area (Å²) in [6.07, 6.45) is 11.1. The summed E-state index contributed by atoms with van der Waals surface area (Å²) in [5.41, 5.74) is 9.99. The van der Waals surface area contributed by atoms with Gasteiger partial charge >= 0.3 is 0 Å². The Labute approximate surface area is 251 Å². The number of pyridine rings is 1. The second kappa shape index (κ2) is 10.8. The molecule has 3 nitrogen and oxygen atoms in total. The van der Waals surface area contributed by atoms with Crippen molar-refractivity contribution in [3.8, 4) is 0 Å². The van der Waals surface area contributed by atoms with E-state index in [0.717, 1.165) is 42.5 Å². The molecule has 5 rings (SSSR count). The zero-order valence-corrected chi connectivity index (χ0v) is 28.6. The van der Waals surface area contributed by atoms with Crippen LogP contribution in [0.25, 0.3) is 5.57 Å². The minimum Gasteiger partial charge on any atom is -0.410 e. The minimum absolute atomic E-state index is 0.0411. The summed E-state index contributed by atoms with van der Waals surface area (Å²) in [7, 11) is -2.05. The van der Waals surface area contributed by atoms with Gasteiger partial charge in [0.2, 0.25) is 0 Å². The van der Waals surface area contributed by atoms with Crippen LogP contribution in [0.2, 0.25) is 18.1 Å². The molecule has 1 spiro atoms. The molecule has 41 heavy (non-hydrogen) atoms. The number of benzene rings is 1. The molecule has 1 unspecified atom stereocenters. The van der Waals surface area contributed by atoms with Crippen LogP contribution in [0.1, 0.15) is 158 Å². The molecule has 1 fully saturated rings. The maximum atomic E-state index is 12.3. The van der Waals surface area contributed by atoms with Gasteiger partial charge in [0.05, 0.1) is 6.10 Å². The van der Waals surface area contributed by atoms with Crippen LogP contribution >= 0.6 is 0 Å². The number of aliphatic hydroxyl groups excluding tert-OH is 1. The molecule has 3 aliphatic rings. The van der Waals surface area contributed by atoms with Crippen molar-refractivity contribution in [3.63, 3.8) is 0 Å². The smallest absolute Gasteiger partial charge is 0.192 e. The lowest BCUT2D eigenvalue weighted by Gasteiger charge is -2.51. The number of hydrogen-bond donors (Lipinski definition) is 1. The van der Waals surface area contributed by atoms with Crippen LogP contribution < -0.4 is 0 Å². The van der Waals surface area contributed by atoms with Crippen molar-refractivity contribution in [1.29, 1.82) is 0 Å². The molecule has 0 bridgehead atoms. The standard InChI is InChI=1S/C37H55NO2Si/c1-24(2)33-32(34(39)26-16-18-27(19-17-26)35(3,4)5)30(25-14-11-12-15-25)31-28(38-33)22-37(20-13-21-37)23-29(31)40-41(9,10)36(6,7)8/h14,16-19,24,29,34,39H,11-13,15,20-23H2,1-10H3/t29?,34-/m1/s1. The normalized spacial score (nSPS) is 21.6. The number of fused-ring (bicyclic) bond motifs is 1. The lowest BCUT2D eigenvalue weighted by Crippen LogP contribution is -2.46. The quantitative estimate of drug-likeness (QED) is 0.350. The van der Waals surface area contributed by atoms with Crippen molar-refractivity contribution in [2.24, 2.45) is 5.41 Å². The first-order valence-electron chi connectivity index (χ1n) is 16.3. The molecule has 1 N–H and O–H groups in total. The summed E-state index contributed by atoms with van der Waals surface area (Å²) in [5, 5.41) is 12.4. The third kappa shape index (κ3) is 5.78. The highest BCUT2D eigenvalue weighted by molar-refractivity contribution is 6.74. The SMILES string of the molecule is CC(C)c1nc2c(c(C3=CCCC3)c1[C@H](O)c1ccc(C(C)(C)C)cc1)C(O[Si](C)(C)C(C)(C)C)CC1(CCC1)C2. The number of hydrogen-bond acceptors (Lipinski definition) is 3. The topological polar surface area (TPSA) is 42.4 Å². The second-order valence-corrected chi connectivity index (χ2v) is 21.1. The number of aliphatic hydroxyl groups is 1. The zero-order valence-electron chi connectivity index (χ0n) is 27.6. The number of nitrogens with zero attached hydrogens (tertiary/aromatic N) is 1. The molecule has 224 valence electrons. The van der Waals surface area contributed by atoms with E-state index in [-0.39, 0.29) is 22.5 Å². The second-order valence-electron chi connectivity index (χ2n) is 16.3. The number of aromatic nitrogens is 1. The van der Waals surface area contributed by atoms with Crippen molar-refractivity contribution in [2.75, 3.05) is 0 Å². The lowest BCUT2D eigenvalue weighted by atomic mass is 9.59. The predicted octanol–water partition coefficient (Wildman–Crippen LogP) is 10.3. The van der Waals surface area contributed by atoms with Gasteiger partial charge in [-0.05, 0) is 102 Å². The molecule has 0 amide bonds. The third-order valence-electron chi connectivity index (χ3n) is 10.8. The fourth-order valence-electron chi connectivity index (χ4n) is 7.07. The van der Waals surface area contributed by atoms with Gasteiger partial charge in [0, 0.05) is 22.5 Å². The molecule has 1 saturated carbocycles. The molecule has 1 aromatic carbocycles. The van der Waals surface area contributed by atoms with E-state index < -0.39 is 14.4 Å². The van der Waals surface area contributed by atoms with E-state index in [9.17, 15) is 5.11 Å². The molecule has 1 aromatic heterocycles. The summed E-state index contributed by atoms with van der Waals surface area (Å²) in [5.74, 6) is 0.221. The third-order valence-corrected chi connectivity index (χ3v) is 15.3. The first-order valence-corrected chi connectivity index (χ1v) is 19.2. The maximum absolute atomic E-state index is 12.3. The van der Waals surface area contributed by atoms with Crippen molar-refractivity contribution in [1.82, 2.24) is 4.98 Å². The van der Waals surface area contributed by atoms with E-state index in [1.165, 1.54) is 53.6 Å². The monoisotopic (exact) mass is 573 g/mol. The molecule has 0 aliphatic heterocycles. The van der Waals surface area contributed by atoms with E-state index in [1.54, 1.807) is 0 Å². The number of allylic oxidation sites excluding steroid dienone is 2. The van der Waals surface area contributed by atoms with Crippen molar-refractivity contribution in [2.45, 2.75) is 148 Å². The number of rotatable bonds is 6. The Hall–Kier alpha value is -1.75. The van der Waals surface area contributed by atoms with E-state index in [4.69, 9.17) is 9.41 Å². The lowest BCUT2D eigenvalue weighted by molar-refractivity contribution is 0.0296. The predicted molar refractivity (Wildman–Crippen MR) is 175 cm³/mol.